The van der Waals surface area contributed by atoms with E-state index in [0.29, 0.717) is 12.1 Å². The fourth-order valence-electron chi connectivity index (χ4n) is 1.87. The van der Waals surface area contributed by atoms with Gasteiger partial charge in [0.25, 0.3) is 5.69 Å². The minimum Gasteiger partial charge on any atom is -0.458 e. The number of ether oxygens (including phenoxy) is 1. The second kappa shape index (κ2) is 6.70. The van der Waals surface area contributed by atoms with E-state index in [1.165, 1.54) is 12.1 Å². The zero-order valence-electron chi connectivity index (χ0n) is 13.4. The Bertz CT molecular complexity index is 561. The molecule has 22 heavy (non-hydrogen) atoms. The lowest BCUT2D eigenvalue weighted by Gasteiger charge is -2.32. The smallest absolute Gasteiger partial charge is 0.331 e. The molecule has 1 rings (SSSR count). The van der Waals surface area contributed by atoms with Crippen LogP contribution in [0.1, 0.15) is 33.3 Å². The van der Waals surface area contributed by atoms with E-state index in [2.05, 4.69) is 11.9 Å². The van der Waals surface area contributed by atoms with Gasteiger partial charge in [0.1, 0.15) is 11.1 Å². The number of nitrogens with one attached hydrogen (secondary N) is 1. The normalized spacial score (nSPS) is 14.0. The number of nitro groups is 1. The van der Waals surface area contributed by atoms with Crippen LogP contribution in [0, 0.1) is 10.1 Å². The zero-order valence-corrected chi connectivity index (χ0v) is 13.4. The van der Waals surface area contributed by atoms with Crippen LogP contribution in [0.25, 0.3) is 0 Å². The summed E-state index contributed by atoms with van der Waals surface area (Å²) in [6, 6.07) is 5.84. The monoisotopic (exact) mass is 306 g/mol. The van der Waals surface area contributed by atoms with E-state index < -0.39 is 22.0 Å². The molecule has 6 heteroatoms. The third-order valence-corrected chi connectivity index (χ3v) is 3.06. The van der Waals surface area contributed by atoms with Gasteiger partial charge in [-0.05, 0) is 45.4 Å². The quantitative estimate of drug-likeness (QED) is 0.378. The Labute approximate surface area is 130 Å². The molecule has 6 nitrogen and oxygen atoms in total. The summed E-state index contributed by atoms with van der Waals surface area (Å²) in [5.74, 6) is -0.448. The predicted molar refractivity (Wildman–Crippen MR) is 84.5 cm³/mol. The van der Waals surface area contributed by atoms with Crippen LogP contribution in [-0.2, 0) is 15.1 Å². The van der Waals surface area contributed by atoms with E-state index in [0.717, 1.165) is 0 Å². The second-order valence-corrected chi connectivity index (χ2v) is 6.10. The van der Waals surface area contributed by atoms with Crippen LogP contribution in [0.5, 0.6) is 0 Å². The molecule has 0 aromatic heterocycles. The second-order valence-electron chi connectivity index (χ2n) is 6.10. The standard InChI is InChI=1S/C16H22N2O4/c1-6-11-17-16(5,14(19)22-15(2,3)4)12-7-9-13(10-8-12)18(20)21/h6-10,17H,1,11H2,2-5H3/t16-/m1/s1. The lowest BCUT2D eigenvalue weighted by molar-refractivity contribution is -0.384. The van der Waals surface area contributed by atoms with Gasteiger partial charge in [0.05, 0.1) is 4.92 Å². The first-order valence-electron chi connectivity index (χ1n) is 6.94. The highest BCUT2D eigenvalue weighted by atomic mass is 16.6. The zero-order chi connectivity index (χ0) is 17.0. The molecular weight excluding hydrogens is 284 g/mol. The predicted octanol–water partition coefficient (Wildman–Crippen LogP) is 2.93. The summed E-state index contributed by atoms with van der Waals surface area (Å²) in [4.78, 5) is 22.8. The molecule has 0 spiro atoms. The summed E-state index contributed by atoms with van der Waals surface area (Å²) in [5, 5.41) is 13.8. The molecule has 0 fully saturated rings. The van der Waals surface area contributed by atoms with Crippen molar-refractivity contribution in [3.8, 4) is 0 Å². The van der Waals surface area contributed by atoms with Crippen LogP contribution >= 0.6 is 0 Å². The molecule has 0 radical (unpaired) electrons. The molecule has 0 heterocycles. The molecule has 0 amide bonds. The van der Waals surface area contributed by atoms with Gasteiger partial charge in [-0.2, -0.15) is 0 Å². The first-order chi connectivity index (χ1) is 10.1. The molecule has 1 aromatic carbocycles. The van der Waals surface area contributed by atoms with Crippen molar-refractivity contribution in [2.24, 2.45) is 0 Å². The van der Waals surface area contributed by atoms with Gasteiger partial charge >= 0.3 is 5.97 Å². The highest BCUT2D eigenvalue weighted by Crippen LogP contribution is 2.26. The largest absolute Gasteiger partial charge is 0.458 e. The number of esters is 1. The molecule has 0 saturated heterocycles. The van der Waals surface area contributed by atoms with Crippen molar-refractivity contribution in [1.29, 1.82) is 0 Å². The summed E-state index contributed by atoms with van der Waals surface area (Å²) in [5.41, 5.74) is -1.18. The molecule has 120 valence electrons. The van der Waals surface area contributed by atoms with Crippen LogP contribution in [0.2, 0.25) is 0 Å². The van der Waals surface area contributed by atoms with Crippen LogP contribution in [-0.4, -0.2) is 23.0 Å². The summed E-state index contributed by atoms with van der Waals surface area (Å²) >= 11 is 0. The van der Waals surface area contributed by atoms with Gasteiger partial charge in [-0.25, -0.2) is 4.79 Å². The van der Waals surface area contributed by atoms with E-state index in [9.17, 15) is 14.9 Å². The third kappa shape index (κ3) is 4.39. The summed E-state index contributed by atoms with van der Waals surface area (Å²) < 4.78 is 5.46. The van der Waals surface area contributed by atoms with E-state index in [1.807, 2.05) is 0 Å². The minimum absolute atomic E-state index is 0.0287. The van der Waals surface area contributed by atoms with Crippen molar-refractivity contribution >= 4 is 11.7 Å². The van der Waals surface area contributed by atoms with Gasteiger partial charge in [0, 0.05) is 18.7 Å². The lowest BCUT2D eigenvalue weighted by atomic mass is 9.91. The highest BCUT2D eigenvalue weighted by molar-refractivity contribution is 5.82. The average Bonchev–Trinajstić information content (AvgIpc) is 2.43. The van der Waals surface area contributed by atoms with Gasteiger partial charge in [0.15, 0.2) is 0 Å². The average molecular weight is 306 g/mol. The maximum absolute atomic E-state index is 12.6. The van der Waals surface area contributed by atoms with Crippen LogP contribution in [0.15, 0.2) is 36.9 Å². The van der Waals surface area contributed by atoms with Crippen molar-refractivity contribution in [2.45, 2.75) is 38.8 Å². The maximum Gasteiger partial charge on any atom is 0.331 e. The van der Waals surface area contributed by atoms with Gasteiger partial charge in [-0.15, -0.1) is 6.58 Å². The number of carbonyl (C=O) groups is 1. The summed E-state index contributed by atoms with van der Waals surface area (Å²) in [6.45, 7) is 11.1. The van der Waals surface area contributed by atoms with E-state index >= 15 is 0 Å². The maximum atomic E-state index is 12.6. The number of non-ortho nitro benzene ring substituents is 1. The number of hydrogen-bond acceptors (Lipinski definition) is 5. The lowest BCUT2D eigenvalue weighted by Crippen LogP contribution is -2.49. The topological polar surface area (TPSA) is 81.5 Å². The third-order valence-electron chi connectivity index (χ3n) is 3.06. The summed E-state index contributed by atoms with van der Waals surface area (Å²) in [7, 11) is 0. The Morgan fingerprint density at radius 2 is 1.86 bits per heavy atom. The Hall–Kier alpha value is -2.21. The molecule has 1 N–H and O–H groups in total. The van der Waals surface area contributed by atoms with E-state index in [1.54, 1.807) is 45.9 Å². The Kier molecular flexibility index (Phi) is 5.43. The molecule has 0 unspecified atom stereocenters. The van der Waals surface area contributed by atoms with E-state index in [-0.39, 0.29) is 5.69 Å². The van der Waals surface area contributed by atoms with Crippen molar-refractivity contribution in [3.63, 3.8) is 0 Å². The molecule has 0 aliphatic heterocycles. The molecule has 0 saturated carbocycles. The van der Waals surface area contributed by atoms with Crippen molar-refractivity contribution in [3.05, 3.63) is 52.6 Å². The van der Waals surface area contributed by atoms with Gasteiger partial charge in [0.2, 0.25) is 0 Å². The van der Waals surface area contributed by atoms with Gasteiger partial charge in [-0.3, -0.25) is 15.4 Å². The number of nitrogens with zero attached hydrogens (tertiary/aromatic N) is 1. The SMILES string of the molecule is C=CCN[C@@](C)(C(=O)OC(C)(C)C)c1ccc([N+](=O)[O-])cc1. The van der Waals surface area contributed by atoms with Gasteiger partial charge < -0.3 is 4.74 Å². The molecular formula is C16H22N2O4. The number of nitro benzene ring substituents is 1. The molecule has 1 aromatic rings. The molecule has 0 aliphatic rings. The Morgan fingerprint density at radius 1 is 1.32 bits per heavy atom. The Balaban J connectivity index is 3.17. The van der Waals surface area contributed by atoms with Crippen LogP contribution < -0.4 is 5.32 Å². The van der Waals surface area contributed by atoms with Crippen LogP contribution in [0.3, 0.4) is 0 Å². The number of benzene rings is 1. The first kappa shape index (κ1) is 17.8. The van der Waals surface area contributed by atoms with E-state index in [4.69, 9.17) is 4.74 Å². The molecule has 0 bridgehead atoms. The fourth-order valence-corrected chi connectivity index (χ4v) is 1.87. The van der Waals surface area contributed by atoms with Crippen molar-refractivity contribution in [2.75, 3.05) is 6.54 Å². The summed E-state index contributed by atoms with van der Waals surface area (Å²) in [6.07, 6.45) is 1.63. The minimum atomic E-state index is -1.11. The number of carbonyl (C=O) groups excluding carboxylic acids is 1. The Morgan fingerprint density at radius 3 is 2.27 bits per heavy atom. The molecule has 0 aliphatic carbocycles. The van der Waals surface area contributed by atoms with Crippen LogP contribution in [0.4, 0.5) is 5.69 Å². The van der Waals surface area contributed by atoms with Gasteiger partial charge in [-0.1, -0.05) is 6.08 Å². The van der Waals surface area contributed by atoms with Crippen molar-refractivity contribution < 1.29 is 14.5 Å². The van der Waals surface area contributed by atoms with Crippen molar-refractivity contribution in [1.82, 2.24) is 5.32 Å². The fraction of sp³-hybridized carbons (Fsp3) is 0.438. The number of hydrogen-bond donors (Lipinski definition) is 1. The highest BCUT2D eigenvalue weighted by Gasteiger charge is 2.38. The molecule has 1 atom stereocenters. The first-order valence-corrected chi connectivity index (χ1v) is 6.94. The number of rotatable bonds is 6.